The van der Waals surface area contributed by atoms with Gasteiger partial charge in [-0.25, -0.2) is 9.97 Å². The van der Waals surface area contributed by atoms with Crippen molar-refractivity contribution in [2.45, 2.75) is 90.5 Å². The molecule has 2 aromatic carbocycles. The highest BCUT2D eigenvalue weighted by atomic mass is 32.1. The summed E-state index contributed by atoms with van der Waals surface area (Å²) >= 11 is 1.48. The summed E-state index contributed by atoms with van der Waals surface area (Å²) in [6.07, 6.45) is 12.3. The fourth-order valence-corrected chi connectivity index (χ4v) is 7.19. The van der Waals surface area contributed by atoms with Crippen LogP contribution >= 0.6 is 11.3 Å². The van der Waals surface area contributed by atoms with Crippen molar-refractivity contribution in [2.24, 2.45) is 5.92 Å². The molecule has 1 aliphatic heterocycles. The summed E-state index contributed by atoms with van der Waals surface area (Å²) in [5.74, 6) is 1.58. The highest BCUT2D eigenvalue weighted by molar-refractivity contribution is 7.14. The third kappa shape index (κ3) is 11.5. The van der Waals surface area contributed by atoms with Crippen LogP contribution in [0.1, 0.15) is 92.8 Å². The van der Waals surface area contributed by atoms with Gasteiger partial charge in [-0.15, -0.1) is 11.3 Å². The molecule has 2 amide bonds. The molecule has 5 rings (SSSR count). The maximum atomic E-state index is 13.6. The van der Waals surface area contributed by atoms with E-state index >= 15 is 0 Å². The lowest BCUT2D eigenvalue weighted by atomic mass is 9.95. The van der Waals surface area contributed by atoms with Crippen molar-refractivity contribution < 1.29 is 14.3 Å². The lowest BCUT2D eigenvalue weighted by Gasteiger charge is -2.29. The van der Waals surface area contributed by atoms with Crippen LogP contribution in [0.25, 0.3) is 22.5 Å². The fraction of sp³-hybridized carbons (Fsp3) is 0.476. The van der Waals surface area contributed by atoms with Crippen LogP contribution in [0.15, 0.2) is 73.1 Å². The van der Waals surface area contributed by atoms with E-state index in [0.717, 1.165) is 71.8 Å². The van der Waals surface area contributed by atoms with Crippen molar-refractivity contribution in [3.8, 4) is 28.3 Å². The molecule has 51 heavy (non-hydrogen) atoms. The average molecular weight is 710 g/mol. The second-order valence-electron chi connectivity index (χ2n) is 14.9. The highest BCUT2D eigenvalue weighted by Crippen LogP contribution is 2.30. The van der Waals surface area contributed by atoms with Crippen molar-refractivity contribution in [1.29, 1.82) is 0 Å². The smallest absolute Gasteiger partial charge is 0.262 e. The summed E-state index contributed by atoms with van der Waals surface area (Å²) in [7, 11) is 2.13. The molecular weight excluding hydrogens is 655 g/mol. The Morgan fingerprint density at radius 1 is 0.882 bits per heavy atom. The average Bonchev–Trinajstić information content (AvgIpc) is 3.65. The zero-order chi connectivity index (χ0) is 36.2. The zero-order valence-electron chi connectivity index (χ0n) is 31.0. The Hall–Kier alpha value is -4.08. The van der Waals surface area contributed by atoms with Gasteiger partial charge in [-0.1, -0.05) is 89.8 Å². The van der Waals surface area contributed by atoms with Gasteiger partial charge >= 0.3 is 0 Å². The van der Waals surface area contributed by atoms with Gasteiger partial charge in [0.15, 0.2) is 5.82 Å². The van der Waals surface area contributed by atoms with Crippen molar-refractivity contribution in [3.63, 3.8) is 0 Å². The Balaban J connectivity index is 1.20. The third-order valence-corrected chi connectivity index (χ3v) is 11.1. The second kappa shape index (κ2) is 18.4. The first-order valence-electron chi connectivity index (χ1n) is 18.6. The first kappa shape index (κ1) is 38.2. The number of carbonyl (C=O) groups is 2. The number of rotatable bonds is 16. The van der Waals surface area contributed by atoms with Gasteiger partial charge in [0.25, 0.3) is 5.91 Å². The number of hydrogen-bond donors (Lipinski definition) is 2. The monoisotopic (exact) mass is 709 g/mol. The molecule has 1 saturated heterocycles. The zero-order valence-corrected chi connectivity index (χ0v) is 31.9. The minimum absolute atomic E-state index is 0.0481. The molecule has 1 unspecified atom stereocenters. The van der Waals surface area contributed by atoms with Crippen molar-refractivity contribution in [2.75, 3.05) is 33.3 Å². The summed E-state index contributed by atoms with van der Waals surface area (Å²) < 4.78 is 5.92. The number of nitrogens with one attached hydrogen (secondary N) is 2. The topological polar surface area (TPSA) is 96.4 Å². The number of carbonyl (C=O) groups excluding carboxylic acids is 2. The molecule has 9 heteroatoms. The van der Waals surface area contributed by atoms with Crippen LogP contribution in [0.5, 0.6) is 5.75 Å². The summed E-state index contributed by atoms with van der Waals surface area (Å²) in [6.45, 7) is 12.1. The lowest BCUT2D eigenvalue weighted by Crippen LogP contribution is -2.49. The predicted molar refractivity (Wildman–Crippen MR) is 208 cm³/mol. The van der Waals surface area contributed by atoms with Crippen LogP contribution in [0.4, 0.5) is 0 Å². The molecule has 272 valence electrons. The van der Waals surface area contributed by atoms with E-state index in [1.807, 2.05) is 73.1 Å². The Labute approximate surface area is 308 Å². The minimum atomic E-state index is -0.701. The van der Waals surface area contributed by atoms with Crippen LogP contribution in [-0.4, -0.2) is 66.0 Å². The molecule has 0 aliphatic carbocycles. The summed E-state index contributed by atoms with van der Waals surface area (Å²) in [6, 6.07) is 19.2. The minimum Gasteiger partial charge on any atom is -0.494 e. The van der Waals surface area contributed by atoms with E-state index < -0.39 is 6.04 Å². The second-order valence-corrected chi connectivity index (χ2v) is 16.0. The first-order valence-corrected chi connectivity index (χ1v) is 19.4. The van der Waals surface area contributed by atoms with Crippen LogP contribution in [0.2, 0.25) is 0 Å². The number of amides is 2. The SMILES string of the molecule is CCCCCCCOc1ccc(-c2cnc(-c3ccc(CC(NC(=O)c4ccc(C(C)(C)C)s4)C(=O)NCC4CCN(C)CC4)cc3)nc2)cc1. The van der Waals surface area contributed by atoms with E-state index in [9.17, 15) is 9.59 Å². The molecule has 3 heterocycles. The van der Waals surface area contributed by atoms with E-state index in [0.29, 0.717) is 29.6 Å². The maximum Gasteiger partial charge on any atom is 0.262 e. The lowest BCUT2D eigenvalue weighted by molar-refractivity contribution is -0.123. The van der Waals surface area contributed by atoms with Gasteiger partial charge in [0.05, 0.1) is 11.5 Å². The number of likely N-dealkylation sites (tertiary alicyclic amines) is 1. The number of nitrogens with zero attached hydrogens (tertiary/aromatic N) is 3. The number of benzene rings is 2. The van der Waals surface area contributed by atoms with Crippen molar-refractivity contribution in [3.05, 3.63) is 88.4 Å². The van der Waals surface area contributed by atoms with Gasteiger partial charge in [-0.2, -0.15) is 0 Å². The molecule has 0 spiro atoms. The molecule has 8 nitrogen and oxygen atoms in total. The summed E-state index contributed by atoms with van der Waals surface area (Å²) in [5.41, 5.74) is 3.75. The van der Waals surface area contributed by atoms with E-state index in [2.05, 4.69) is 60.2 Å². The molecule has 0 saturated carbocycles. The highest BCUT2D eigenvalue weighted by Gasteiger charge is 2.26. The van der Waals surface area contributed by atoms with E-state index in [-0.39, 0.29) is 17.2 Å². The number of aromatic nitrogens is 2. The van der Waals surface area contributed by atoms with E-state index in [1.54, 1.807) is 0 Å². The first-order chi connectivity index (χ1) is 24.6. The Morgan fingerprint density at radius 3 is 2.20 bits per heavy atom. The number of hydrogen-bond acceptors (Lipinski definition) is 7. The molecule has 0 radical (unpaired) electrons. The van der Waals surface area contributed by atoms with Crippen LogP contribution in [0, 0.1) is 5.92 Å². The van der Waals surface area contributed by atoms with Crippen LogP contribution in [0.3, 0.4) is 0 Å². The number of ether oxygens (including phenoxy) is 1. The van der Waals surface area contributed by atoms with Crippen LogP contribution in [-0.2, 0) is 16.6 Å². The van der Waals surface area contributed by atoms with Gasteiger partial charge in [0.2, 0.25) is 5.91 Å². The fourth-order valence-electron chi connectivity index (χ4n) is 6.23. The standard InChI is InChI=1S/C42H55N5O3S/c1-6-7-8-9-10-25-50-35-17-15-32(16-18-35)34-28-43-39(44-29-34)33-13-11-30(12-14-33)26-36(40(48)45-27-31-21-23-47(5)24-22-31)46-41(49)37-19-20-38(51-37)42(2,3)4/h11-20,28-29,31,36H,6-10,21-27H2,1-5H3,(H,45,48)(H,46,49). The summed E-state index contributed by atoms with van der Waals surface area (Å²) in [5, 5.41) is 6.20. The number of unbranched alkanes of at least 4 members (excludes halogenated alkanes) is 4. The maximum absolute atomic E-state index is 13.6. The molecule has 2 N–H and O–H groups in total. The van der Waals surface area contributed by atoms with Gasteiger partial charge < -0.3 is 20.3 Å². The summed E-state index contributed by atoms with van der Waals surface area (Å²) in [4.78, 5) is 40.3. The third-order valence-electron chi connectivity index (χ3n) is 9.60. The number of piperidine rings is 1. The molecule has 1 fully saturated rings. The molecule has 1 aliphatic rings. The predicted octanol–water partition coefficient (Wildman–Crippen LogP) is 8.32. The Morgan fingerprint density at radius 2 is 1.55 bits per heavy atom. The van der Waals surface area contributed by atoms with E-state index in [4.69, 9.17) is 4.74 Å². The quantitative estimate of drug-likeness (QED) is 0.114. The Kier molecular flexibility index (Phi) is 13.8. The molecule has 1 atom stereocenters. The van der Waals surface area contributed by atoms with E-state index in [1.165, 1.54) is 37.0 Å². The molecule has 2 aromatic heterocycles. The van der Waals surface area contributed by atoms with Crippen molar-refractivity contribution >= 4 is 23.2 Å². The van der Waals surface area contributed by atoms with Crippen molar-refractivity contribution in [1.82, 2.24) is 25.5 Å². The number of thiophene rings is 1. The molecule has 0 bridgehead atoms. The van der Waals surface area contributed by atoms with Crippen LogP contribution < -0.4 is 15.4 Å². The van der Waals surface area contributed by atoms with Gasteiger partial charge in [-0.3, -0.25) is 9.59 Å². The Bertz CT molecular complexity index is 1670. The normalized spacial score (nSPS) is 14.6. The van der Waals surface area contributed by atoms with Gasteiger partial charge in [0, 0.05) is 41.4 Å². The van der Waals surface area contributed by atoms with Gasteiger partial charge in [0.1, 0.15) is 11.8 Å². The van der Waals surface area contributed by atoms with Gasteiger partial charge in [-0.05, 0) is 86.1 Å². The molecular formula is C42H55N5O3S. The largest absolute Gasteiger partial charge is 0.494 e. The molecule has 4 aromatic rings.